The van der Waals surface area contributed by atoms with Crippen LogP contribution >= 0.6 is 0 Å². The van der Waals surface area contributed by atoms with Gasteiger partial charge in [-0.05, 0) is 58.9 Å². The van der Waals surface area contributed by atoms with E-state index in [1.807, 2.05) is 0 Å². The second-order valence-corrected chi connectivity index (χ2v) is 6.04. The van der Waals surface area contributed by atoms with Crippen molar-refractivity contribution in [3.63, 3.8) is 0 Å². The largest absolute Gasteiger partial charge is 0.468 e. The molecule has 1 unspecified atom stereocenters. The predicted molar refractivity (Wildman–Crippen MR) is 73.3 cm³/mol. The van der Waals surface area contributed by atoms with Gasteiger partial charge in [0.2, 0.25) is 0 Å². The Kier molecular flexibility index (Phi) is 5.60. The molecule has 0 aromatic rings. The summed E-state index contributed by atoms with van der Waals surface area (Å²) in [6.45, 7) is 8.41. The van der Waals surface area contributed by atoms with Crippen molar-refractivity contribution in [2.75, 3.05) is 20.2 Å². The Morgan fingerprint density at radius 3 is 2.56 bits per heavy atom. The highest BCUT2D eigenvalue weighted by Gasteiger charge is 2.30. The van der Waals surface area contributed by atoms with E-state index in [9.17, 15) is 4.79 Å². The minimum atomic E-state index is -0.850. The molecule has 0 radical (unpaired) electrons. The van der Waals surface area contributed by atoms with Crippen LogP contribution in [0.5, 0.6) is 0 Å². The smallest absolute Gasteiger partial charge is 0.325 e. The normalized spacial score (nSPS) is 19.1. The predicted octanol–water partition coefficient (Wildman–Crippen LogP) is 1.78. The van der Waals surface area contributed by atoms with Gasteiger partial charge in [0.25, 0.3) is 0 Å². The van der Waals surface area contributed by atoms with Crippen molar-refractivity contribution in [3.8, 4) is 0 Å². The van der Waals surface area contributed by atoms with E-state index >= 15 is 0 Å². The van der Waals surface area contributed by atoms with Crippen LogP contribution in [-0.4, -0.2) is 42.6 Å². The molecule has 1 saturated carbocycles. The third-order valence-electron chi connectivity index (χ3n) is 3.71. The summed E-state index contributed by atoms with van der Waals surface area (Å²) >= 11 is 0. The summed E-state index contributed by atoms with van der Waals surface area (Å²) in [6.07, 6.45) is 4.36. The lowest BCUT2D eigenvalue weighted by Crippen LogP contribution is -2.46. The van der Waals surface area contributed by atoms with E-state index < -0.39 is 5.54 Å². The van der Waals surface area contributed by atoms with Crippen molar-refractivity contribution < 1.29 is 9.53 Å². The number of carbonyl (C=O) groups is 1. The van der Waals surface area contributed by atoms with Crippen molar-refractivity contribution in [1.82, 2.24) is 4.90 Å². The molecule has 1 rings (SSSR count). The van der Waals surface area contributed by atoms with Crippen LogP contribution in [0.4, 0.5) is 0 Å². The minimum absolute atomic E-state index is 0.319. The van der Waals surface area contributed by atoms with Crippen LogP contribution in [0, 0.1) is 5.92 Å². The SMILES string of the molecule is COC(=O)C(C)(N)CCCN(CC1CC1)C(C)C. The van der Waals surface area contributed by atoms with Gasteiger partial charge in [-0.2, -0.15) is 0 Å². The van der Waals surface area contributed by atoms with Gasteiger partial charge >= 0.3 is 5.97 Å². The second kappa shape index (κ2) is 6.53. The second-order valence-electron chi connectivity index (χ2n) is 6.04. The summed E-state index contributed by atoms with van der Waals surface area (Å²) in [5.74, 6) is 0.582. The van der Waals surface area contributed by atoms with E-state index in [0.717, 1.165) is 18.9 Å². The molecule has 0 aromatic heterocycles. The lowest BCUT2D eigenvalue weighted by molar-refractivity contribution is -0.146. The molecule has 0 bridgehead atoms. The molecule has 106 valence electrons. The van der Waals surface area contributed by atoms with E-state index in [4.69, 9.17) is 10.5 Å². The van der Waals surface area contributed by atoms with Gasteiger partial charge in [-0.25, -0.2) is 0 Å². The molecule has 4 heteroatoms. The van der Waals surface area contributed by atoms with Crippen molar-refractivity contribution >= 4 is 5.97 Å². The Morgan fingerprint density at radius 1 is 1.50 bits per heavy atom. The monoisotopic (exact) mass is 256 g/mol. The summed E-state index contributed by atoms with van der Waals surface area (Å²) in [4.78, 5) is 14.0. The standard InChI is InChI=1S/C14H28N2O2/c1-11(2)16(10-12-6-7-12)9-5-8-14(3,15)13(17)18-4/h11-12H,5-10,15H2,1-4H3. The number of nitrogens with zero attached hydrogens (tertiary/aromatic N) is 1. The number of esters is 1. The maximum absolute atomic E-state index is 11.5. The molecule has 0 aliphatic heterocycles. The van der Waals surface area contributed by atoms with E-state index in [-0.39, 0.29) is 5.97 Å². The molecule has 1 aliphatic carbocycles. The number of ether oxygens (including phenoxy) is 1. The van der Waals surface area contributed by atoms with Gasteiger partial charge in [0.05, 0.1) is 7.11 Å². The quantitative estimate of drug-likeness (QED) is 0.673. The number of nitrogens with two attached hydrogens (primary N) is 1. The third kappa shape index (κ3) is 4.94. The number of rotatable bonds is 8. The lowest BCUT2D eigenvalue weighted by Gasteiger charge is -2.28. The first-order valence-corrected chi connectivity index (χ1v) is 6.98. The number of hydrogen-bond acceptors (Lipinski definition) is 4. The summed E-state index contributed by atoms with van der Waals surface area (Å²) < 4.78 is 4.72. The van der Waals surface area contributed by atoms with Gasteiger partial charge in [0.1, 0.15) is 5.54 Å². The van der Waals surface area contributed by atoms with Gasteiger partial charge in [0, 0.05) is 12.6 Å². The first-order chi connectivity index (χ1) is 8.36. The summed E-state index contributed by atoms with van der Waals surface area (Å²) in [5.41, 5.74) is 5.10. The minimum Gasteiger partial charge on any atom is -0.468 e. The fourth-order valence-electron chi connectivity index (χ4n) is 2.18. The molecule has 1 aliphatic rings. The van der Waals surface area contributed by atoms with Crippen LogP contribution in [0.2, 0.25) is 0 Å². The zero-order valence-electron chi connectivity index (χ0n) is 12.2. The topological polar surface area (TPSA) is 55.6 Å². The number of methoxy groups -OCH3 is 1. The molecule has 18 heavy (non-hydrogen) atoms. The van der Waals surface area contributed by atoms with E-state index in [0.29, 0.717) is 12.5 Å². The van der Waals surface area contributed by atoms with Crippen molar-refractivity contribution in [2.45, 2.75) is 58.0 Å². The highest BCUT2D eigenvalue weighted by molar-refractivity contribution is 5.79. The molecule has 1 atom stereocenters. The van der Waals surface area contributed by atoms with Crippen LogP contribution in [-0.2, 0) is 9.53 Å². The summed E-state index contributed by atoms with van der Waals surface area (Å²) in [6, 6.07) is 0.563. The fourth-order valence-corrected chi connectivity index (χ4v) is 2.18. The molecular formula is C14H28N2O2. The zero-order valence-corrected chi connectivity index (χ0v) is 12.2. The Balaban J connectivity index is 2.31. The molecule has 2 N–H and O–H groups in total. The molecule has 0 aromatic carbocycles. The molecule has 0 spiro atoms. The van der Waals surface area contributed by atoms with Crippen molar-refractivity contribution in [2.24, 2.45) is 11.7 Å². The molecule has 4 nitrogen and oxygen atoms in total. The van der Waals surface area contributed by atoms with Crippen LogP contribution in [0.15, 0.2) is 0 Å². The zero-order chi connectivity index (χ0) is 13.8. The molecule has 0 saturated heterocycles. The Labute approximate surface area is 111 Å². The highest BCUT2D eigenvalue weighted by atomic mass is 16.5. The highest BCUT2D eigenvalue weighted by Crippen LogP contribution is 2.30. The van der Waals surface area contributed by atoms with Crippen LogP contribution in [0.25, 0.3) is 0 Å². The van der Waals surface area contributed by atoms with Gasteiger partial charge in [-0.3, -0.25) is 4.79 Å². The molecule has 0 amide bonds. The third-order valence-corrected chi connectivity index (χ3v) is 3.71. The van der Waals surface area contributed by atoms with Crippen molar-refractivity contribution in [3.05, 3.63) is 0 Å². The first kappa shape index (κ1) is 15.4. The Hall–Kier alpha value is -0.610. The van der Waals surface area contributed by atoms with Crippen LogP contribution in [0.3, 0.4) is 0 Å². The average molecular weight is 256 g/mol. The average Bonchev–Trinajstić information content (AvgIpc) is 3.10. The van der Waals surface area contributed by atoms with E-state index in [1.165, 1.54) is 26.5 Å². The maximum Gasteiger partial charge on any atom is 0.325 e. The summed E-state index contributed by atoms with van der Waals surface area (Å²) in [5, 5.41) is 0. The van der Waals surface area contributed by atoms with Gasteiger partial charge in [-0.1, -0.05) is 0 Å². The van der Waals surface area contributed by atoms with Gasteiger partial charge in [0.15, 0.2) is 0 Å². The molecule has 1 fully saturated rings. The first-order valence-electron chi connectivity index (χ1n) is 6.98. The summed E-state index contributed by atoms with van der Waals surface area (Å²) in [7, 11) is 1.39. The van der Waals surface area contributed by atoms with Crippen LogP contribution in [0.1, 0.15) is 46.5 Å². The maximum atomic E-state index is 11.5. The lowest BCUT2D eigenvalue weighted by atomic mass is 9.97. The van der Waals surface area contributed by atoms with Gasteiger partial charge < -0.3 is 15.4 Å². The number of hydrogen-bond donors (Lipinski definition) is 1. The van der Waals surface area contributed by atoms with E-state index in [2.05, 4.69) is 18.7 Å². The number of carbonyl (C=O) groups excluding carboxylic acids is 1. The Morgan fingerprint density at radius 2 is 2.11 bits per heavy atom. The van der Waals surface area contributed by atoms with Crippen LogP contribution < -0.4 is 5.73 Å². The Bertz CT molecular complexity index is 273. The molecule has 0 heterocycles. The van der Waals surface area contributed by atoms with E-state index in [1.54, 1.807) is 6.92 Å². The molecular weight excluding hydrogens is 228 g/mol. The van der Waals surface area contributed by atoms with Gasteiger partial charge in [-0.15, -0.1) is 0 Å². The van der Waals surface area contributed by atoms with Crippen molar-refractivity contribution in [1.29, 1.82) is 0 Å². The fraction of sp³-hybridized carbons (Fsp3) is 0.929.